The molecule has 0 aromatic carbocycles. The number of β-amino-alcohol motifs (C(OH)–C–C–N with tert-alkyl or cyclic N) is 1. The van der Waals surface area contributed by atoms with Crippen molar-refractivity contribution in [2.75, 3.05) is 19.7 Å². The van der Waals surface area contributed by atoms with Crippen LogP contribution in [0, 0.1) is 46.3 Å². The highest BCUT2D eigenvalue weighted by atomic mass is 16.6. The number of nitrogens with one attached hydrogen (secondary N) is 1. The maximum Gasteiger partial charge on any atom is 0.407 e. The van der Waals surface area contributed by atoms with Crippen molar-refractivity contribution in [3.05, 3.63) is 11.6 Å². The first kappa shape index (κ1) is 35.7. The minimum atomic E-state index is -0.540. The molecule has 5 rings (SSSR count). The minimum Gasteiger partial charge on any atom is -0.446 e. The molecular weight excluding hydrogens is 576 g/mol. The summed E-state index contributed by atoms with van der Waals surface area (Å²) in [7, 11) is 0. The third-order valence-corrected chi connectivity index (χ3v) is 13.8. The Kier molecular flexibility index (Phi) is 11.9. The average molecular weight is 643 g/mol. The zero-order valence-electron chi connectivity index (χ0n) is 29.8. The standard InChI is InChI=1S/C39H66N2O5/c1-26(2)10-9-11-27(3)33-15-16-34-32-14-13-28-22-31(17-19-38(28,4)35(32)18-20-39(33,34)5)46-37(45)40-21-8-6-7-12-36(44)41-24-30(43)23-29(41)25-42/h13,26-27,29-35,42-43H,6-12,14-25H2,1-5H3,(H,40,45)/t27-,29+,30-,31+,32?,33?,34?,35?,38+,39-/m1/s1. The van der Waals surface area contributed by atoms with E-state index in [4.69, 9.17) is 4.74 Å². The van der Waals surface area contributed by atoms with Crippen molar-refractivity contribution in [3.63, 3.8) is 0 Å². The van der Waals surface area contributed by atoms with Gasteiger partial charge >= 0.3 is 6.09 Å². The van der Waals surface area contributed by atoms with Crippen molar-refractivity contribution in [1.29, 1.82) is 0 Å². The van der Waals surface area contributed by atoms with Crippen LogP contribution in [0.25, 0.3) is 0 Å². The Bertz CT molecular complexity index is 1080. The van der Waals surface area contributed by atoms with Crippen LogP contribution in [0.2, 0.25) is 0 Å². The Labute approximate surface area is 279 Å². The number of hydrogen-bond acceptors (Lipinski definition) is 5. The molecule has 10 atom stereocenters. The number of alkyl carbamates (subject to hydrolysis) is 1. The lowest BCUT2D eigenvalue weighted by Gasteiger charge is -2.58. The molecule has 4 unspecified atom stereocenters. The molecule has 5 aliphatic rings. The number of carbonyl (C=O) groups is 2. The Morgan fingerprint density at radius 1 is 1.02 bits per heavy atom. The second kappa shape index (κ2) is 15.3. The molecule has 262 valence electrons. The predicted molar refractivity (Wildman–Crippen MR) is 183 cm³/mol. The lowest BCUT2D eigenvalue weighted by atomic mass is 9.47. The summed E-state index contributed by atoms with van der Waals surface area (Å²) in [6.07, 6.45) is 18.8. The van der Waals surface area contributed by atoms with E-state index in [9.17, 15) is 19.8 Å². The van der Waals surface area contributed by atoms with E-state index in [-0.39, 0.29) is 36.2 Å². The van der Waals surface area contributed by atoms with Gasteiger partial charge < -0.3 is 25.2 Å². The minimum absolute atomic E-state index is 0.00703. The maximum absolute atomic E-state index is 12.7. The van der Waals surface area contributed by atoms with Crippen LogP contribution in [0.5, 0.6) is 0 Å². The van der Waals surface area contributed by atoms with Gasteiger partial charge in [-0.3, -0.25) is 4.79 Å². The molecule has 0 radical (unpaired) electrons. The highest BCUT2D eigenvalue weighted by molar-refractivity contribution is 5.77. The van der Waals surface area contributed by atoms with Crippen molar-refractivity contribution in [1.82, 2.24) is 10.2 Å². The second-order valence-electron chi connectivity index (χ2n) is 17.1. The van der Waals surface area contributed by atoms with Gasteiger partial charge in [-0.1, -0.05) is 72.0 Å². The Morgan fingerprint density at radius 3 is 2.59 bits per heavy atom. The number of ether oxygens (including phenoxy) is 1. The fraction of sp³-hybridized carbons (Fsp3) is 0.897. The van der Waals surface area contributed by atoms with Gasteiger partial charge in [0.25, 0.3) is 0 Å². The van der Waals surface area contributed by atoms with Gasteiger partial charge in [-0.15, -0.1) is 0 Å². The normalized spacial score (nSPS) is 37.7. The van der Waals surface area contributed by atoms with Gasteiger partial charge in [0, 0.05) is 25.9 Å². The van der Waals surface area contributed by atoms with Crippen molar-refractivity contribution in [2.45, 2.75) is 156 Å². The third-order valence-electron chi connectivity index (χ3n) is 13.8. The molecule has 46 heavy (non-hydrogen) atoms. The number of likely N-dealkylation sites (tertiary alicyclic amines) is 1. The molecule has 4 fully saturated rings. The molecule has 1 aliphatic heterocycles. The zero-order valence-corrected chi connectivity index (χ0v) is 29.8. The average Bonchev–Trinajstić information content (AvgIpc) is 3.58. The fourth-order valence-corrected chi connectivity index (χ4v) is 11.2. The summed E-state index contributed by atoms with van der Waals surface area (Å²) in [5, 5.41) is 22.2. The molecule has 7 heteroatoms. The fourth-order valence-electron chi connectivity index (χ4n) is 11.2. The van der Waals surface area contributed by atoms with Crippen molar-refractivity contribution < 1.29 is 24.5 Å². The van der Waals surface area contributed by atoms with E-state index in [1.165, 1.54) is 51.4 Å². The summed E-state index contributed by atoms with van der Waals surface area (Å²) in [4.78, 5) is 26.8. The van der Waals surface area contributed by atoms with Crippen LogP contribution in [-0.2, 0) is 9.53 Å². The molecule has 4 aliphatic carbocycles. The molecule has 0 aromatic heterocycles. The monoisotopic (exact) mass is 642 g/mol. The Balaban J connectivity index is 1.04. The summed E-state index contributed by atoms with van der Waals surface area (Å²) >= 11 is 0. The number of carbonyl (C=O) groups excluding carboxylic acids is 2. The quantitative estimate of drug-likeness (QED) is 0.142. The summed E-state index contributed by atoms with van der Waals surface area (Å²) in [5.41, 5.74) is 2.31. The summed E-state index contributed by atoms with van der Waals surface area (Å²) in [5.74, 6) is 4.98. The van der Waals surface area contributed by atoms with Crippen LogP contribution < -0.4 is 5.32 Å². The van der Waals surface area contributed by atoms with Gasteiger partial charge in [-0.2, -0.15) is 0 Å². The SMILES string of the molecule is CC(C)CCC[C@@H](C)C1CCC2C3CC=C4C[C@@H](OC(=O)NCCCCCC(=O)N5C[C@H](O)C[C@H]5CO)CC[C@]4(C)C3CC[C@@]21C. The lowest BCUT2D eigenvalue weighted by molar-refractivity contribution is -0.133. The van der Waals surface area contributed by atoms with Crippen LogP contribution in [0.4, 0.5) is 4.79 Å². The van der Waals surface area contributed by atoms with Crippen LogP contribution in [0.3, 0.4) is 0 Å². The second-order valence-corrected chi connectivity index (χ2v) is 17.1. The van der Waals surface area contributed by atoms with E-state index >= 15 is 0 Å². The lowest BCUT2D eigenvalue weighted by Crippen LogP contribution is -2.51. The first-order valence-corrected chi connectivity index (χ1v) is 19.2. The van der Waals surface area contributed by atoms with Crippen molar-refractivity contribution in [2.24, 2.45) is 46.3 Å². The highest BCUT2D eigenvalue weighted by Crippen LogP contribution is 2.67. The predicted octanol–water partition coefficient (Wildman–Crippen LogP) is 7.64. The summed E-state index contributed by atoms with van der Waals surface area (Å²) < 4.78 is 5.94. The third kappa shape index (κ3) is 7.66. The van der Waals surface area contributed by atoms with Gasteiger partial charge in [-0.25, -0.2) is 4.79 Å². The number of fused-ring (bicyclic) bond motifs is 5. The summed E-state index contributed by atoms with van der Waals surface area (Å²) in [6, 6.07) is -0.265. The first-order valence-electron chi connectivity index (χ1n) is 19.2. The van der Waals surface area contributed by atoms with Crippen molar-refractivity contribution in [3.8, 4) is 0 Å². The van der Waals surface area contributed by atoms with E-state index in [1.807, 2.05) is 0 Å². The van der Waals surface area contributed by atoms with E-state index in [1.54, 1.807) is 10.5 Å². The van der Waals surface area contributed by atoms with Crippen molar-refractivity contribution >= 4 is 12.0 Å². The number of amides is 2. The highest BCUT2D eigenvalue weighted by Gasteiger charge is 2.59. The van der Waals surface area contributed by atoms with E-state index in [0.717, 1.165) is 74.0 Å². The van der Waals surface area contributed by atoms with Gasteiger partial charge in [0.2, 0.25) is 5.91 Å². The maximum atomic E-state index is 12.7. The van der Waals surface area contributed by atoms with E-state index in [2.05, 4.69) is 46.0 Å². The largest absolute Gasteiger partial charge is 0.446 e. The molecule has 0 aromatic rings. The number of nitrogens with zero attached hydrogens (tertiary/aromatic N) is 1. The topological polar surface area (TPSA) is 99.1 Å². The molecule has 0 spiro atoms. The smallest absolute Gasteiger partial charge is 0.407 e. The Morgan fingerprint density at radius 2 is 1.83 bits per heavy atom. The van der Waals surface area contributed by atoms with Gasteiger partial charge in [-0.05, 0) is 111 Å². The number of hydrogen-bond donors (Lipinski definition) is 3. The number of allylic oxidation sites excluding steroid dienone is 1. The molecule has 1 heterocycles. The molecule has 1 saturated heterocycles. The molecule has 2 amide bonds. The number of aliphatic hydroxyl groups excluding tert-OH is 2. The van der Waals surface area contributed by atoms with Gasteiger partial charge in [0.05, 0.1) is 18.8 Å². The molecule has 3 saturated carbocycles. The van der Waals surface area contributed by atoms with Crippen LogP contribution >= 0.6 is 0 Å². The summed E-state index contributed by atoms with van der Waals surface area (Å²) in [6.45, 7) is 13.2. The van der Waals surface area contributed by atoms with E-state index in [0.29, 0.717) is 31.3 Å². The van der Waals surface area contributed by atoms with E-state index < -0.39 is 6.10 Å². The number of unbranched alkanes of at least 4 members (excludes halogenated alkanes) is 2. The van der Waals surface area contributed by atoms with Gasteiger partial charge in [0.1, 0.15) is 6.10 Å². The molecular formula is C39H66N2O5. The van der Waals surface area contributed by atoms with Crippen LogP contribution in [0.1, 0.15) is 137 Å². The number of rotatable bonds is 13. The van der Waals surface area contributed by atoms with Gasteiger partial charge in [0.15, 0.2) is 0 Å². The van der Waals surface area contributed by atoms with Crippen LogP contribution in [-0.4, -0.2) is 65.1 Å². The zero-order chi connectivity index (χ0) is 33.1. The Hall–Kier alpha value is -1.60. The number of aliphatic hydroxyl groups is 2. The van der Waals surface area contributed by atoms with Crippen LogP contribution in [0.15, 0.2) is 11.6 Å². The first-order chi connectivity index (χ1) is 22.0. The molecule has 0 bridgehead atoms. The molecule has 7 nitrogen and oxygen atoms in total. The molecule has 3 N–H and O–H groups in total.